The summed E-state index contributed by atoms with van der Waals surface area (Å²) in [7, 11) is -4.14. The molecule has 0 aromatic heterocycles. The molecule has 0 amide bonds. The molecular weight excluding hydrogens is 188 g/mol. The summed E-state index contributed by atoms with van der Waals surface area (Å²) in [6.07, 6.45) is 0. The first-order valence-corrected chi connectivity index (χ1v) is 5.16. The van der Waals surface area contributed by atoms with Crippen LogP contribution in [0.5, 0.6) is 0 Å². The molecule has 1 rings (SSSR count). The fraction of sp³-hybridized carbons (Fsp3) is 0.333. The van der Waals surface area contributed by atoms with Crippen LogP contribution in [0.3, 0.4) is 0 Å². The van der Waals surface area contributed by atoms with Crippen molar-refractivity contribution in [3.8, 4) is 0 Å². The molecule has 1 aromatic carbocycles. The lowest BCUT2D eigenvalue weighted by Gasteiger charge is -2.06. The van der Waals surface area contributed by atoms with Gasteiger partial charge in [-0.2, -0.15) is 8.42 Å². The Morgan fingerprint density at radius 2 is 1.46 bits per heavy atom. The molecule has 0 saturated carbocycles. The first-order chi connectivity index (χ1) is 5.82. The molecule has 0 fully saturated rings. The van der Waals surface area contributed by atoms with Crippen LogP contribution in [-0.4, -0.2) is 13.0 Å². The fourth-order valence-corrected chi connectivity index (χ4v) is 2.25. The van der Waals surface area contributed by atoms with Crippen LogP contribution >= 0.6 is 0 Å². The quantitative estimate of drug-likeness (QED) is 0.695. The lowest BCUT2D eigenvalue weighted by Crippen LogP contribution is -2.04. The molecule has 13 heavy (non-hydrogen) atoms. The molecule has 0 bridgehead atoms. The summed E-state index contributed by atoms with van der Waals surface area (Å²) in [6, 6.07) is 5.58. The van der Waals surface area contributed by atoms with E-state index in [1.807, 2.05) is 0 Å². The molecule has 0 heterocycles. The van der Waals surface area contributed by atoms with Gasteiger partial charge in [0, 0.05) is 0 Å². The smallest absolute Gasteiger partial charge is 0.282 e. The van der Waals surface area contributed by atoms with E-state index < -0.39 is 10.1 Å². The minimum absolute atomic E-state index is 0.0851. The van der Waals surface area contributed by atoms with E-state index in [-0.39, 0.29) is 4.90 Å². The molecule has 1 aromatic rings. The van der Waals surface area contributed by atoms with Gasteiger partial charge in [0.25, 0.3) is 10.1 Å². The number of benzene rings is 1. The number of rotatable bonds is 1. The molecule has 2 radical (unpaired) electrons. The highest BCUT2D eigenvalue weighted by molar-refractivity contribution is 7.86. The van der Waals surface area contributed by atoms with Gasteiger partial charge in [-0.15, -0.1) is 0 Å². The monoisotopic (exact) mass is 198 g/mol. The summed E-state index contributed by atoms with van der Waals surface area (Å²) >= 11 is 0. The van der Waals surface area contributed by atoms with E-state index in [2.05, 4.69) is 12.1 Å². The van der Waals surface area contributed by atoms with E-state index in [1.165, 1.54) is 0 Å². The number of hydrogen-bond acceptors (Lipinski definition) is 2. The van der Waals surface area contributed by atoms with Crippen molar-refractivity contribution in [1.82, 2.24) is 0 Å². The molecule has 4 heteroatoms. The SMILES string of the molecule is Cc1[c]c(C)c(S(=O)(=O)O)c(C)[c]1. The summed E-state index contributed by atoms with van der Waals surface area (Å²) in [5.74, 6) is 0. The van der Waals surface area contributed by atoms with Crippen molar-refractivity contribution < 1.29 is 13.0 Å². The van der Waals surface area contributed by atoms with E-state index in [1.54, 1.807) is 20.8 Å². The highest BCUT2D eigenvalue weighted by atomic mass is 32.2. The Labute approximate surface area is 78.2 Å². The third-order valence-corrected chi connectivity index (χ3v) is 2.82. The molecule has 0 saturated heterocycles. The van der Waals surface area contributed by atoms with Crippen LogP contribution in [0.2, 0.25) is 0 Å². The predicted octanol–water partition coefficient (Wildman–Crippen LogP) is 1.46. The second kappa shape index (κ2) is 3.12. The van der Waals surface area contributed by atoms with Gasteiger partial charge in [0.05, 0.1) is 0 Å². The van der Waals surface area contributed by atoms with Crippen LogP contribution in [0.15, 0.2) is 4.90 Å². The van der Waals surface area contributed by atoms with E-state index in [0.717, 1.165) is 5.56 Å². The predicted molar refractivity (Wildman–Crippen MR) is 48.1 cm³/mol. The Balaban J connectivity index is 3.57. The maximum Gasteiger partial charge on any atom is 0.295 e. The van der Waals surface area contributed by atoms with Gasteiger partial charge in [0.2, 0.25) is 0 Å². The fourth-order valence-electron chi connectivity index (χ4n) is 1.38. The second-order valence-electron chi connectivity index (χ2n) is 2.93. The Morgan fingerprint density at radius 1 is 1.08 bits per heavy atom. The van der Waals surface area contributed by atoms with Crippen LogP contribution in [0.25, 0.3) is 0 Å². The molecule has 0 aliphatic rings. The molecular formula is C9H10O3S. The van der Waals surface area contributed by atoms with Gasteiger partial charge >= 0.3 is 0 Å². The van der Waals surface area contributed by atoms with Crippen molar-refractivity contribution in [2.45, 2.75) is 25.7 Å². The normalized spacial score (nSPS) is 11.7. The molecule has 0 unspecified atom stereocenters. The van der Waals surface area contributed by atoms with E-state index >= 15 is 0 Å². The van der Waals surface area contributed by atoms with Crippen molar-refractivity contribution in [1.29, 1.82) is 0 Å². The summed E-state index contributed by atoms with van der Waals surface area (Å²) in [4.78, 5) is -0.0851. The molecule has 70 valence electrons. The molecule has 3 nitrogen and oxygen atoms in total. The molecule has 0 spiro atoms. The van der Waals surface area contributed by atoms with Gasteiger partial charge in [-0.25, -0.2) is 0 Å². The minimum Gasteiger partial charge on any atom is -0.282 e. The third-order valence-electron chi connectivity index (χ3n) is 1.69. The van der Waals surface area contributed by atoms with Crippen LogP contribution in [0, 0.1) is 32.9 Å². The summed E-state index contributed by atoms with van der Waals surface area (Å²) < 4.78 is 30.7. The minimum atomic E-state index is -4.14. The lowest BCUT2D eigenvalue weighted by molar-refractivity contribution is 0.482. The number of hydrogen-bond donors (Lipinski definition) is 1. The summed E-state index contributed by atoms with van der Waals surface area (Å²) in [6.45, 7) is 4.96. The van der Waals surface area contributed by atoms with Crippen molar-refractivity contribution in [2.24, 2.45) is 0 Å². The summed E-state index contributed by atoms with van der Waals surface area (Å²) in [5, 5.41) is 0. The van der Waals surface area contributed by atoms with Gasteiger partial charge in [0.1, 0.15) is 4.90 Å². The molecule has 1 N–H and O–H groups in total. The maximum atomic E-state index is 10.9. The van der Waals surface area contributed by atoms with E-state index in [4.69, 9.17) is 4.55 Å². The second-order valence-corrected chi connectivity index (χ2v) is 4.29. The zero-order valence-electron chi connectivity index (χ0n) is 7.67. The summed E-state index contributed by atoms with van der Waals surface area (Å²) in [5.41, 5.74) is 1.59. The van der Waals surface area contributed by atoms with E-state index in [0.29, 0.717) is 11.1 Å². The Bertz CT molecular complexity index is 409. The lowest BCUT2D eigenvalue weighted by atomic mass is 10.1. The van der Waals surface area contributed by atoms with E-state index in [9.17, 15) is 8.42 Å². The van der Waals surface area contributed by atoms with Crippen LogP contribution in [0.4, 0.5) is 0 Å². The zero-order chi connectivity index (χ0) is 10.2. The Morgan fingerprint density at radius 3 is 1.77 bits per heavy atom. The van der Waals surface area contributed by atoms with Crippen molar-refractivity contribution in [2.75, 3.05) is 0 Å². The average Bonchev–Trinajstić information content (AvgIpc) is 1.78. The van der Waals surface area contributed by atoms with Crippen LogP contribution < -0.4 is 0 Å². The highest BCUT2D eigenvalue weighted by Crippen LogP contribution is 2.19. The van der Waals surface area contributed by atoms with Crippen molar-refractivity contribution >= 4 is 10.1 Å². The Kier molecular flexibility index (Phi) is 2.45. The van der Waals surface area contributed by atoms with Crippen LogP contribution in [0.1, 0.15) is 16.7 Å². The Hall–Kier alpha value is -0.870. The zero-order valence-corrected chi connectivity index (χ0v) is 8.49. The van der Waals surface area contributed by atoms with Gasteiger partial charge < -0.3 is 0 Å². The van der Waals surface area contributed by atoms with Crippen molar-refractivity contribution in [3.05, 3.63) is 28.8 Å². The first-order valence-electron chi connectivity index (χ1n) is 3.72. The third kappa shape index (κ3) is 2.08. The van der Waals surface area contributed by atoms with Gasteiger partial charge in [-0.3, -0.25) is 4.55 Å². The molecule has 0 aliphatic carbocycles. The largest absolute Gasteiger partial charge is 0.295 e. The van der Waals surface area contributed by atoms with Crippen molar-refractivity contribution in [3.63, 3.8) is 0 Å². The molecule has 0 aliphatic heterocycles. The first kappa shape index (κ1) is 10.2. The van der Waals surface area contributed by atoms with Crippen LogP contribution in [-0.2, 0) is 10.1 Å². The average molecular weight is 198 g/mol. The van der Waals surface area contributed by atoms with Gasteiger partial charge in [0.15, 0.2) is 0 Å². The maximum absolute atomic E-state index is 10.9. The molecule has 0 atom stereocenters. The van der Waals surface area contributed by atoms with Gasteiger partial charge in [-0.05, 0) is 49.6 Å². The highest BCUT2D eigenvalue weighted by Gasteiger charge is 2.16. The number of aryl methyl sites for hydroxylation is 3. The topological polar surface area (TPSA) is 54.4 Å². The van der Waals surface area contributed by atoms with Gasteiger partial charge in [-0.1, -0.05) is 0 Å². The standard InChI is InChI=1S/C9H10O3S/c1-6-4-7(2)9(8(3)5-6)13(10,11)12/h1-3H3,(H,10,11,12).